The summed E-state index contributed by atoms with van der Waals surface area (Å²) in [7, 11) is 4.11. The first-order chi connectivity index (χ1) is 8.56. The Morgan fingerprint density at radius 2 is 1.94 bits per heavy atom. The van der Waals surface area contributed by atoms with Gasteiger partial charge in [-0.25, -0.2) is 0 Å². The van der Waals surface area contributed by atoms with Gasteiger partial charge < -0.3 is 20.7 Å². The van der Waals surface area contributed by atoms with Crippen LogP contribution in [0.2, 0.25) is 0 Å². The molecule has 0 aliphatic heterocycles. The predicted octanol–water partition coefficient (Wildman–Crippen LogP) is 0.444. The Morgan fingerprint density at radius 3 is 2.39 bits per heavy atom. The van der Waals surface area contributed by atoms with E-state index in [2.05, 4.69) is 38.2 Å². The van der Waals surface area contributed by atoms with Crippen LogP contribution in [0.5, 0.6) is 0 Å². The van der Waals surface area contributed by atoms with Crippen molar-refractivity contribution in [2.24, 2.45) is 11.7 Å². The highest BCUT2D eigenvalue weighted by atomic mass is 16.5. The summed E-state index contributed by atoms with van der Waals surface area (Å²) >= 11 is 0. The number of carbonyl (C=O) groups excluding carboxylic acids is 1. The topological polar surface area (TPSA) is 67.6 Å². The van der Waals surface area contributed by atoms with Gasteiger partial charge in [-0.15, -0.1) is 0 Å². The van der Waals surface area contributed by atoms with Crippen molar-refractivity contribution in [1.29, 1.82) is 0 Å². The molecule has 0 aromatic heterocycles. The van der Waals surface area contributed by atoms with E-state index in [0.717, 1.165) is 12.8 Å². The molecule has 1 amide bonds. The van der Waals surface area contributed by atoms with Gasteiger partial charge in [0.1, 0.15) is 6.61 Å². The maximum Gasteiger partial charge on any atom is 0.246 e. The molecule has 1 atom stereocenters. The van der Waals surface area contributed by atoms with Crippen molar-refractivity contribution in [3.63, 3.8) is 0 Å². The van der Waals surface area contributed by atoms with Crippen LogP contribution >= 0.6 is 0 Å². The maximum absolute atomic E-state index is 11.5. The number of amides is 1. The molecule has 5 heteroatoms. The normalized spacial score (nSPS) is 13.1. The second-order valence-electron chi connectivity index (χ2n) is 4.75. The van der Waals surface area contributed by atoms with Crippen LogP contribution in [0.3, 0.4) is 0 Å². The first-order valence-corrected chi connectivity index (χ1v) is 6.77. The molecule has 1 unspecified atom stereocenters. The molecule has 0 radical (unpaired) electrons. The van der Waals surface area contributed by atoms with Crippen molar-refractivity contribution in [2.45, 2.75) is 32.7 Å². The van der Waals surface area contributed by atoms with E-state index in [1.807, 2.05) is 0 Å². The van der Waals surface area contributed by atoms with Gasteiger partial charge in [0.25, 0.3) is 0 Å². The molecule has 18 heavy (non-hydrogen) atoms. The third-order valence-corrected chi connectivity index (χ3v) is 3.26. The molecule has 3 N–H and O–H groups in total. The van der Waals surface area contributed by atoms with E-state index in [4.69, 9.17) is 10.5 Å². The second-order valence-corrected chi connectivity index (χ2v) is 4.75. The van der Waals surface area contributed by atoms with Crippen LogP contribution in [0.4, 0.5) is 0 Å². The van der Waals surface area contributed by atoms with Gasteiger partial charge in [0.2, 0.25) is 5.91 Å². The Kier molecular flexibility index (Phi) is 9.92. The first-order valence-electron chi connectivity index (χ1n) is 6.77. The van der Waals surface area contributed by atoms with Crippen LogP contribution < -0.4 is 11.1 Å². The largest absolute Gasteiger partial charge is 0.370 e. The highest BCUT2D eigenvalue weighted by molar-refractivity contribution is 5.77. The van der Waals surface area contributed by atoms with E-state index in [1.54, 1.807) is 0 Å². The first kappa shape index (κ1) is 17.4. The summed E-state index contributed by atoms with van der Waals surface area (Å²) in [4.78, 5) is 13.7. The Labute approximate surface area is 111 Å². The van der Waals surface area contributed by atoms with Gasteiger partial charge in [-0.2, -0.15) is 0 Å². The number of nitrogens with zero attached hydrogens (tertiary/aromatic N) is 1. The number of nitrogens with two attached hydrogens (primary N) is 1. The molecule has 0 aliphatic rings. The quantitative estimate of drug-likeness (QED) is 0.559. The molecule has 0 fully saturated rings. The van der Waals surface area contributed by atoms with Gasteiger partial charge in [0, 0.05) is 19.1 Å². The van der Waals surface area contributed by atoms with E-state index >= 15 is 0 Å². The van der Waals surface area contributed by atoms with Gasteiger partial charge in [-0.1, -0.05) is 26.7 Å². The van der Waals surface area contributed by atoms with Crippen LogP contribution in [0, 0.1) is 5.92 Å². The summed E-state index contributed by atoms with van der Waals surface area (Å²) in [6.45, 7) is 6.02. The van der Waals surface area contributed by atoms with Gasteiger partial charge >= 0.3 is 0 Å². The van der Waals surface area contributed by atoms with Crippen molar-refractivity contribution in [1.82, 2.24) is 10.2 Å². The fourth-order valence-corrected chi connectivity index (χ4v) is 2.12. The lowest BCUT2D eigenvalue weighted by molar-refractivity contribution is -0.125. The van der Waals surface area contributed by atoms with Crippen LogP contribution in [-0.2, 0) is 9.53 Å². The van der Waals surface area contributed by atoms with E-state index in [0.29, 0.717) is 31.7 Å². The molecule has 0 saturated heterocycles. The average molecular weight is 259 g/mol. The molecule has 0 rings (SSSR count). The molecule has 0 saturated carbocycles. The molecule has 0 heterocycles. The summed E-state index contributed by atoms with van der Waals surface area (Å²) < 4.78 is 5.10. The third kappa shape index (κ3) is 6.93. The van der Waals surface area contributed by atoms with Crippen molar-refractivity contribution < 1.29 is 9.53 Å². The molecule has 0 spiro atoms. The average Bonchev–Trinajstić information content (AvgIpc) is 2.34. The number of rotatable bonds is 10. The summed E-state index contributed by atoms with van der Waals surface area (Å²) in [5, 5.41) is 2.93. The number of nitrogens with one attached hydrogen (secondary N) is 1. The SMILES string of the molecule is CCC(CC)C(CNC(=O)COCCN)N(C)C. The van der Waals surface area contributed by atoms with Crippen molar-refractivity contribution in [3.05, 3.63) is 0 Å². The van der Waals surface area contributed by atoms with E-state index < -0.39 is 0 Å². The van der Waals surface area contributed by atoms with Crippen LogP contribution in [0.15, 0.2) is 0 Å². The summed E-state index contributed by atoms with van der Waals surface area (Å²) in [6, 6.07) is 0.374. The Hall–Kier alpha value is -0.650. The highest BCUT2D eigenvalue weighted by Gasteiger charge is 2.20. The highest BCUT2D eigenvalue weighted by Crippen LogP contribution is 2.16. The Balaban J connectivity index is 4.07. The molecule has 0 bridgehead atoms. The zero-order valence-electron chi connectivity index (χ0n) is 12.2. The summed E-state index contributed by atoms with van der Waals surface area (Å²) in [5.41, 5.74) is 5.29. The van der Waals surface area contributed by atoms with Gasteiger partial charge in [0.15, 0.2) is 0 Å². The van der Waals surface area contributed by atoms with Crippen molar-refractivity contribution >= 4 is 5.91 Å². The molecule has 0 aromatic rings. The second kappa shape index (κ2) is 10.3. The Morgan fingerprint density at radius 1 is 1.33 bits per heavy atom. The zero-order valence-corrected chi connectivity index (χ0v) is 12.2. The van der Waals surface area contributed by atoms with Gasteiger partial charge in [0.05, 0.1) is 6.61 Å². The minimum absolute atomic E-state index is 0.0683. The molecular weight excluding hydrogens is 230 g/mol. The maximum atomic E-state index is 11.5. The monoisotopic (exact) mass is 259 g/mol. The molecule has 0 aliphatic carbocycles. The third-order valence-electron chi connectivity index (χ3n) is 3.26. The smallest absolute Gasteiger partial charge is 0.246 e. The number of carbonyl (C=O) groups is 1. The zero-order chi connectivity index (χ0) is 14.0. The van der Waals surface area contributed by atoms with Crippen LogP contribution in [0.25, 0.3) is 0 Å². The van der Waals surface area contributed by atoms with Crippen LogP contribution in [0.1, 0.15) is 26.7 Å². The Bertz CT molecular complexity index is 218. The molecule has 108 valence electrons. The summed E-state index contributed by atoms with van der Waals surface area (Å²) in [6.07, 6.45) is 2.25. The van der Waals surface area contributed by atoms with Gasteiger partial charge in [-0.3, -0.25) is 4.79 Å². The summed E-state index contributed by atoms with van der Waals surface area (Å²) in [5.74, 6) is 0.534. The van der Waals surface area contributed by atoms with Crippen molar-refractivity contribution in [2.75, 3.05) is 40.4 Å². The standard InChI is InChI=1S/C13H29N3O2/c1-5-11(6-2)12(16(3)4)9-15-13(17)10-18-8-7-14/h11-12H,5-10,14H2,1-4H3,(H,15,17). The van der Waals surface area contributed by atoms with Crippen LogP contribution in [-0.4, -0.2) is 57.2 Å². The van der Waals surface area contributed by atoms with E-state index in [9.17, 15) is 4.79 Å². The number of hydrogen-bond acceptors (Lipinski definition) is 4. The number of hydrogen-bond donors (Lipinski definition) is 2. The number of likely N-dealkylation sites (N-methyl/N-ethyl adjacent to an activating group) is 1. The van der Waals surface area contributed by atoms with Gasteiger partial charge in [-0.05, 0) is 20.0 Å². The molecule has 0 aromatic carbocycles. The lowest BCUT2D eigenvalue weighted by atomic mass is 9.93. The lowest BCUT2D eigenvalue weighted by Crippen LogP contribution is -2.45. The van der Waals surface area contributed by atoms with E-state index in [-0.39, 0.29) is 12.5 Å². The van der Waals surface area contributed by atoms with Crippen molar-refractivity contribution in [3.8, 4) is 0 Å². The lowest BCUT2D eigenvalue weighted by Gasteiger charge is -2.31. The molecular formula is C13H29N3O2. The minimum atomic E-state index is -0.0683. The fraction of sp³-hybridized carbons (Fsp3) is 0.923. The van der Waals surface area contributed by atoms with E-state index in [1.165, 1.54) is 0 Å². The molecule has 5 nitrogen and oxygen atoms in total. The fourth-order valence-electron chi connectivity index (χ4n) is 2.12. The predicted molar refractivity (Wildman–Crippen MR) is 74.4 cm³/mol. The minimum Gasteiger partial charge on any atom is -0.370 e. The number of ether oxygens (including phenoxy) is 1.